The molecule has 8 nitrogen and oxygen atoms in total. The third-order valence-corrected chi connectivity index (χ3v) is 4.10. The van der Waals surface area contributed by atoms with Gasteiger partial charge in [-0.2, -0.15) is 5.26 Å². The molecule has 2 heterocycles. The fourth-order valence-electron chi connectivity index (χ4n) is 2.89. The van der Waals surface area contributed by atoms with Crippen molar-refractivity contribution in [2.45, 2.75) is 39.3 Å². The Bertz CT molecular complexity index is 820. The van der Waals surface area contributed by atoms with E-state index < -0.39 is 4.92 Å². The van der Waals surface area contributed by atoms with Crippen molar-refractivity contribution in [3.05, 3.63) is 45.0 Å². The molecule has 0 fully saturated rings. The summed E-state index contributed by atoms with van der Waals surface area (Å²) in [6.45, 7) is 4.49. The molecule has 1 aromatic carbocycles. The zero-order chi connectivity index (χ0) is 16.6. The van der Waals surface area contributed by atoms with Crippen LogP contribution in [-0.2, 0) is 13.0 Å². The zero-order valence-corrected chi connectivity index (χ0v) is 12.9. The van der Waals surface area contributed by atoms with Crippen LogP contribution in [0.3, 0.4) is 0 Å². The Balaban J connectivity index is 1.94. The Morgan fingerprint density at radius 2 is 2.26 bits per heavy atom. The average molecular weight is 312 g/mol. The number of aromatic nitrogens is 3. The molecule has 1 N–H and O–H groups in total. The summed E-state index contributed by atoms with van der Waals surface area (Å²) in [5.41, 5.74) is 1.26. The van der Waals surface area contributed by atoms with E-state index in [0.717, 1.165) is 31.0 Å². The van der Waals surface area contributed by atoms with Crippen LogP contribution in [0.15, 0.2) is 12.1 Å². The van der Waals surface area contributed by atoms with Gasteiger partial charge in [0.05, 0.1) is 22.6 Å². The number of fused-ring (bicyclic) bond motifs is 1. The smallest absolute Gasteiger partial charge is 0.275 e. The first kappa shape index (κ1) is 15.0. The lowest BCUT2D eigenvalue weighted by atomic mass is 10.1. The van der Waals surface area contributed by atoms with Gasteiger partial charge in [-0.3, -0.25) is 10.1 Å². The van der Waals surface area contributed by atoms with Gasteiger partial charge in [0.1, 0.15) is 5.82 Å². The predicted octanol–water partition coefficient (Wildman–Crippen LogP) is 2.49. The van der Waals surface area contributed by atoms with Crippen LogP contribution in [-0.4, -0.2) is 19.7 Å². The topological polar surface area (TPSA) is 110 Å². The minimum Gasteiger partial charge on any atom is -0.375 e. The molecular formula is C15H16N6O2. The molecular weight excluding hydrogens is 296 g/mol. The zero-order valence-electron chi connectivity index (χ0n) is 12.9. The standard InChI is InChI=1S/C15H16N6O2/c1-9-12(6-11(8-16)7-13(9)21(22)23)17-10(2)15-19-18-14-4-3-5-20(14)15/h6-7,10,17H,3-5H2,1-2H3/t10-/m1/s1. The monoisotopic (exact) mass is 312 g/mol. The van der Waals surface area contributed by atoms with Gasteiger partial charge in [0.25, 0.3) is 5.69 Å². The Morgan fingerprint density at radius 3 is 2.96 bits per heavy atom. The van der Waals surface area contributed by atoms with Crippen LogP contribution >= 0.6 is 0 Å². The summed E-state index contributed by atoms with van der Waals surface area (Å²) in [5.74, 6) is 1.78. The number of rotatable bonds is 4. The molecule has 0 unspecified atom stereocenters. The van der Waals surface area contributed by atoms with Crippen LogP contribution in [0.25, 0.3) is 0 Å². The van der Waals surface area contributed by atoms with E-state index in [1.807, 2.05) is 13.0 Å². The highest BCUT2D eigenvalue weighted by Crippen LogP contribution is 2.30. The second kappa shape index (κ2) is 5.68. The van der Waals surface area contributed by atoms with Crippen LogP contribution in [0.4, 0.5) is 11.4 Å². The second-order valence-electron chi connectivity index (χ2n) is 5.63. The van der Waals surface area contributed by atoms with Crippen LogP contribution in [0.5, 0.6) is 0 Å². The minimum absolute atomic E-state index is 0.0646. The molecule has 1 aliphatic heterocycles. The molecule has 0 saturated heterocycles. The van der Waals surface area contributed by atoms with Gasteiger partial charge in [0.2, 0.25) is 0 Å². The van der Waals surface area contributed by atoms with Gasteiger partial charge in [-0.1, -0.05) is 0 Å². The molecule has 1 atom stereocenters. The number of nitrogens with one attached hydrogen (secondary N) is 1. The Labute approximate surface area is 132 Å². The summed E-state index contributed by atoms with van der Waals surface area (Å²) in [6, 6.07) is 4.71. The molecule has 2 aromatic rings. The first-order valence-electron chi connectivity index (χ1n) is 7.39. The van der Waals surface area contributed by atoms with E-state index in [9.17, 15) is 10.1 Å². The van der Waals surface area contributed by atoms with E-state index in [1.54, 1.807) is 13.0 Å². The number of nitrogens with zero attached hydrogens (tertiary/aromatic N) is 5. The molecule has 0 spiro atoms. The predicted molar refractivity (Wildman–Crippen MR) is 82.9 cm³/mol. The van der Waals surface area contributed by atoms with Gasteiger partial charge in [-0.25, -0.2) is 0 Å². The van der Waals surface area contributed by atoms with Gasteiger partial charge in [0, 0.05) is 30.3 Å². The number of anilines is 1. The fourth-order valence-corrected chi connectivity index (χ4v) is 2.89. The summed E-state index contributed by atoms with van der Waals surface area (Å²) in [7, 11) is 0. The highest BCUT2D eigenvalue weighted by molar-refractivity contribution is 5.64. The van der Waals surface area contributed by atoms with Crippen LogP contribution in [0, 0.1) is 28.4 Å². The lowest BCUT2D eigenvalue weighted by molar-refractivity contribution is -0.385. The summed E-state index contributed by atoms with van der Waals surface area (Å²) in [4.78, 5) is 10.7. The molecule has 0 bridgehead atoms. The Hall–Kier alpha value is -2.95. The molecule has 0 saturated carbocycles. The fraction of sp³-hybridized carbons (Fsp3) is 0.400. The van der Waals surface area contributed by atoms with Crippen molar-refractivity contribution in [1.82, 2.24) is 14.8 Å². The molecule has 1 aromatic heterocycles. The molecule has 0 amide bonds. The average Bonchev–Trinajstić information content (AvgIpc) is 3.11. The van der Waals surface area contributed by atoms with E-state index >= 15 is 0 Å². The molecule has 118 valence electrons. The van der Waals surface area contributed by atoms with Crippen molar-refractivity contribution in [2.24, 2.45) is 0 Å². The van der Waals surface area contributed by atoms with Crippen molar-refractivity contribution < 1.29 is 4.92 Å². The molecule has 1 aliphatic rings. The highest BCUT2D eigenvalue weighted by atomic mass is 16.6. The van der Waals surface area contributed by atoms with Gasteiger partial charge >= 0.3 is 0 Å². The second-order valence-corrected chi connectivity index (χ2v) is 5.63. The van der Waals surface area contributed by atoms with E-state index in [1.165, 1.54) is 6.07 Å². The normalized spacial score (nSPS) is 14.1. The molecule has 8 heteroatoms. The van der Waals surface area contributed by atoms with Gasteiger partial charge in [0.15, 0.2) is 5.82 Å². The van der Waals surface area contributed by atoms with E-state index in [2.05, 4.69) is 20.1 Å². The largest absolute Gasteiger partial charge is 0.375 e. The maximum Gasteiger partial charge on any atom is 0.275 e. The molecule has 0 aliphatic carbocycles. The van der Waals surface area contributed by atoms with Gasteiger partial charge < -0.3 is 9.88 Å². The van der Waals surface area contributed by atoms with E-state index in [-0.39, 0.29) is 17.3 Å². The SMILES string of the molecule is Cc1c(N[C@H](C)c2nnc3n2CCC3)cc(C#N)cc1[N+](=O)[O-]. The lowest BCUT2D eigenvalue weighted by Crippen LogP contribution is -2.14. The van der Waals surface area contributed by atoms with E-state index in [0.29, 0.717) is 11.3 Å². The number of hydrogen-bond donors (Lipinski definition) is 1. The van der Waals surface area contributed by atoms with Crippen LogP contribution in [0.2, 0.25) is 0 Å². The first-order chi connectivity index (χ1) is 11.0. The van der Waals surface area contributed by atoms with Gasteiger partial charge in [-0.15, -0.1) is 10.2 Å². The van der Waals surface area contributed by atoms with Crippen LogP contribution in [0.1, 0.15) is 42.2 Å². The summed E-state index contributed by atoms with van der Waals surface area (Å²) < 4.78 is 2.08. The highest BCUT2D eigenvalue weighted by Gasteiger charge is 2.23. The third kappa shape index (κ3) is 2.61. The van der Waals surface area contributed by atoms with Crippen molar-refractivity contribution >= 4 is 11.4 Å². The molecule has 3 rings (SSSR count). The minimum atomic E-state index is -0.471. The van der Waals surface area contributed by atoms with E-state index in [4.69, 9.17) is 5.26 Å². The molecule has 0 radical (unpaired) electrons. The maximum absolute atomic E-state index is 11.2. The summed E-state index contributed by atoms with van der Waals surface area (Å²) in [6.07, 6.45) is 1.98. The number of nitro groups is 1. The Morgan fingerprint density at radius 1 is 1.48 bits per heavy atom. The summed E-state index contributed by atoms with van der Waals surface area (Å²) >= 11 is 0. The van der Waals surface area contributed by atoms with Gasteiger partial charge in [-0.05, 0) is 26.3 Å². The number of benzene rings is 1. The number of nitriles is 1. The van der Waals surface area contributed by atoms with Crippen molar-refractivity contribution in [3.8, 4) is 6.07 Å². The first-order valence-corrected chi connectivity index (χ1v) is 7.39. The van der Waals surface area contributed by atoms with Crippen molar-refractivity contribution in [2.75, 3.05) is 5.32 Å². The number of hydrogen-bond acceptors (Lipinski definition) is 6. The number of aryl methyl sites for hydroxylation is 1. The maximum atomic E-state index is 11.2. The lowest BCUT2D eigenvalue weighted by Gasteiger charge is -2.17. The molecule has 23 heavy (non-hydrogen) atoms. The quantitative estimate of drug-likeness (QED) is 0.686. The Kier molecular flexibility index (Phi) is 3.70. The van der Waals surface area contributed by atoms with Crippen molar-refractivity contribution in [1.29, 1.82) is 5.26 Å². The van der Waals surface area contributed by atoms with Crippen LogP contribution < -0.4 is 5.32 Å². The number of nitro benzene ring substituents is 1. The third-order valence-electron chi connectivity index (χ3n) is 4.10. The summed E-state index contributed by atoms with van der Waals surface area (Å²) in [5, 5.41) is 31.9. The van der Waals surface area contributed by atoms with Crippen molar-refractivity contribution in [3.63, 3.8) is 0 Å².